The van der Waals surface area contributed by atoms with Gasteiger partial charge in [0.2, 0.25) is 0 Å². The van der Waals surface area contributed by atoms with Crippen molar-refractivity contribution in [1.29, 1.82) is 0 Å². The zero-order valence-electron chi connectivity index (χ0n) is 11.8. The molecule has 2 aliphatic rings. The molecule has 0 spiro atoms. The third-order valence-corrected chi connectivity index (χ3v) is 4.30. The van der Waals surface area contributed by atoms with Gasteiger partial charge in [-0.2, -0.15) is 0 Å². The predicted molar refractivity (Wildman–Crippen MR) is 79.5 cm³/mol. The van der Waals surface area contributed by atoms with Crippen LogP contribution in [0.2, 0.25) is 0 Å². The van der Waals surface area contributed by atoms with Crippen LogP contribution in [-0.2, 0) is 19.3 Å². The van der Waals surface area contributed by atoms with Crippen molar-refractivity contribution in [2.45, 2.75) is 25.7 Å². The molecule has 0 unspecified atom stereocenters. The molecule has 1 heterocycles. The number of rotatable bonds is 5. The summed E-state index contributed by atoms with van der Waals surface area (Å²) in [6.07, 6.45) is 5.08. The summed E-state index contributed by atoms with van der Waals surface area (Å²) in [7, 11) is 0. The molecule has 0 atom stereocenters. The Labute approximate surface area is 116 Å². The summed E-state index contributed by atoms with van der Waals surface area (Å²) in [5, 5.41) is 6.95. The van der Waals surface area contributed by atoms with E-state index in [-0.39, 0.29) is 0 Å². The normalized spacial score (nSPS) is 19.6. The van der Waals surface area contributed by atoms with Gasteiger partial charge in [0.05, 0.1) is 0 Å². The average Bonchev–Trinajstić information content (AvgIpc) is 2.92. The van der Waals surface area contributed by atoms with E-state index < -0.39 is 0 Å². The molecule has 1 aliphatic carbocycles. The maximum atomic E-state index is 3.57. The number of hydrogen-bond donors (Lipinski definition) is 2. The first kappa shape index (κ1) is 13.1. The monoisotopic (exact) mass is 259 g/mol. The highest BCUT2D eigenvalue weighted by atomic mass is 15.2. The van der Waals surface area contributed by atoms with E-state index in [2.05, 4.69) is 33.7 Å². The predicted octanol–water partition coefficient (Wildman–Crippen LogP) is 1.17. The van der Waals surface area contributed by atoms with E-state index in [4.69, 9.17) is 0 Å². The smallest absolute Gasteiger partial charge is 0.0481 e. The van der Waals surface area contributed by atoms with Crippen molar-refractivity contribution in [2.75, 3.05) is 39.4 Å². The van der Waals surface area contributed by atoms with E-state index in [9.17, 15) is 0 Å². The van der Waals surface area contributed by atoms with Crippen LogP contribution in [0.15, 0.2) is 18.2 Å². The summed E-state index contributed by atoms with van der Waals surface area (Å²) in [6.45, 7) is 6.73. The van der Waals surface area contributed by atoms with Crippen LogP contribution in [0.5, 0.6) is 0 Å². The van der Waals surface area contributed by atoms with Crippen LogP contribution in [0.25, 0.3) is 0 Å². The summed E-state index contributed by atoms with van der Waals surface area (Å²) in [5.41, 5.74) is 4.67. The van der Waals surface area contributed by atoms with Crippen molar-refractivity contribution >= 4 is 0 Å². The van der Waals surface area contributed by atoms with Crippen LogP contribution in [-0.4, -0.2) is 44.3 Å². The van der Waals surface area contributed by atoms with Gasteiger partial charge in [0.1, 0.15) is 0 Å². The van der Waals surface area contributed by atoms with Crippen LogP contribution in [0.4, 0.5) is 0 Å². The number of fused-ring (bicyclic) bond motifs is 1. The van der Waals surface area contributed by atoms with E-state index in [0.717, 1.165) is 32.7 Å². The Balaban J connectivity index is 1.40. The molecule has 1 saturated heterocycles. The van der Waals surface area contributed by atoms with Gasteiger partial charge in [-0.1, -0.05) is 18.2 Å². The molecule has 0 bridgehead atoms. The minimum absolute atomic E-state index is 1.03. The topological polar surface area (TPSA) is 27.3 Å². The first-order chi connectivity index (χ1) is 9.42. The lowest BCUT2D eigenvalue weighted by Gasteiger charge is -2.27. The highest BCUT2D eigenvalue weighted by Gasteiger charge is 2.11. The largest absolute Gasteiger partial charge is 0.314 e. The number of aryl methyl sites for hydroxylation is 2. The van der Waals surface area contributed by atoms with Gasteiger partial charge in [0, 0.05) is 39.4 Å². The van der Waals surface area contributed by atoms with Crippen LogP contribution in [0, 0.1) is 0 Å². The Hall–Kier alpha value is -0.900. The molecule has 1 aromatic carbocycles. The lowest BCUT2D eigenvalue weighted by molar-refractivity contribution is 0.224. The first-order valence-corrected chi connectivity index (χ1v) is 7.66. The number of piperazine rings is 1. The molecular formula is C16H25N3. The van der Waals surface area contributed by atoms with Crippen LogP contribution >= 0.6 is 0 Å². The lowest BCUT2D eigenvalue weighted by atomic mass is 10.0. The Bertz CT molecular complexity index is 410. The fourth-order valence-corrected chi connectivity index (χ4v) is 3.12. The molecular weight excluding hydrogens is 234 g/mol. The van der Waals surface area contributed by atoms with Crippen molar-refractivity contribution in [2.24, 2.45) is 0 Å². The number of nitrogens with zero attached hydrogens (tertiary/aromatic N) is 1. The lowest BCUT2D eigenvalue weighted by Crippen LogP contribution is -2.47. The molecule has 3 heteroatoms. The second-order valence-corrected chi connectivity index (χ2v) is 5.73. The summed E-state index contributed by atoms with van der Waals surface area (Å²) in [5.74, 6) is 0. The van der Waals surface area contributed by atoms with Gasteiger partial charge in [-0.15, -0.1) is 0 Å². The minimum atomic E-state index is 1.03. The van der Waals surface area contributed by atoms with Crippen molar-refractivity contribution in [3.05, 3.63) is 34.9 Å². The second-order valence-electron chi connectivity index (χ2n) is 5.73. The Morgan fingerprint density at radius 2 is 1.95 bits per heavy atom. The van der Waals surface area contributed by atoms with Gasteiger partial charge < -0.3 is 10.6 Å². The van der Waals surface area contributed by atoms with Gasteiger partial charge in [-0.25, -0.2) is 0 Å². The zero-order chi connectivity index (χ0) is 12.9. The third-order valence-electron chi connectivity index (χ3n) is 4.30. The Kier molecular flexibility index (Phi) is 4.49. The van der Waals surface area contributed by atoms with Crippen LogP contribution in [0.1, 0.15) is 23.1 Å². The van der Waals surface area contributed by atoms with Crippen molar-refractivity contribution in [3.8, 4) is 0 Å². The molecule has 2 N–H and O–H groups in total. The van der Waals surface area contributed by atoms with E-state index in [1.807, 2.05) is 0 Å². The molecule has 19 heavy (non-hydrogen) atoms. The zero-order valence-corrected chi connectivity index (χ0v) is 11.8. The minimum Gasteiger partial charge on any atom is -0.314 e. The molecule has 104 valence electrons. The van der Waals surface area contributed by atoms with Gasteiger partial charge in [-0.3, -0.25) is 4.90 Å². The van der Waals surface area contributed by atoms with Gasteiger partial charge in [-0.05, 0) is 42.4 Å². The fraction of sp³-hybridized carbons (Fsp3) is 0.625. The molecule has 0 aromatic heterocycles. The van der Waals surface area contributed by atoms with E-state index >= 15 is 0 Å². The Morgan fingerprint density at radius 3 is 2.84 bits per heavy atom. The molecule has 3 rings (SSSR count). The van der Waals surface area contributed by atoms with E-state index in [0.29, 0.717) is 0 Å². The quantitative estimate of drug-likeness (QED) is 0.777. The molecule has 0 saturated carbocycles. The molecule has 0 amide bonds. The molecule has 1 fully saturated rings. The highest BCUT2D eigenvalue weighted by molar-refractivity contribution is 5.35. The summed E-state index contributed by atoms with van der Waals surface area (Å²) in [4.78, 5) is 2.49. The SMILES string of the molecule is c1cc2c(cc1CCNCN1CCNCC1)CCC2. The van der Waals surface area contributed by atoms with Crippen molar-refractivity contribution in [3.63, 3.8) is 0 Å². The molecule has 1 aromatic rings. The molecule has 0 radical (unpaired) electrons. The van der Waals surface area contributed by atoms with Crippen LogP contribution in [0.3, 0.4) is 0 Å². The number of nitrogens with one attached hydrogen (secondary N) is 2. The van der Waals surface area contributed by atoms with Crippen molar-refractivity contribution in [1.82, 2.24) is 15.5 Å². The summed E-state index contributed by atoms with van der Waals surface area (Å²) >= 11 is 0. The maximum absolute atomic E-state index is 3.57. The van der Waals surface area contributed by atoms with Gasteiger partial charge in [0.25, 0.3) is 0 Å². The van der Waals surface area contributed by atoms with Crippen LogP contribution < -0.4 is 10.6 Å². The average molecular weight is 259 g/mol. The fourth-order valence-electron chi connectivity index (χ4n) is 3.12. The van der Waals surface area contributed by atoms with E-state index in [1.54, 1.807) is 11.1 Å². The van der Waals surface area contributed by atoms with Crippen molar-refractivity contribution < 1.29 is 0 Å². The summed E-state index contributed by atoms with van der Waals surface area (Å²) < 4.78 is 0. The second kappa shape index (κ2) is 6.51. The van der Waals surface area contributed by atoms with Gasteiger partial charge in [0.15, 0.2) is 0 Å². The van der Waals surface area contributed by atoms with E-state index in [1.165, 1.54) is 37.9 Å². The highest BCUT2D eigenvalue weighted by Crippen LogP contribution is 2.22. The summed E-state index contributed by atoms with van der Waals surface area (Å²) in [6, 6.07) is 7.08. The molecule has 3 nitrogen and oxygen atoms in total. The third kappa shape index (κ3) is 3.56. The number of hydrogen-bond acceptors (Lipinski definition) is 3. The number of benzene rings is 1. The maximum Gasteiger partial charge on any atom is 0.0481 e. The molecule has 1 aliphatic heterocycles. The Morgan fingerprint density at radius 1 is 1.11 bits per heavy atom. The standard InChI is InChI=1S/C16H25N3/c1-2-15-5-4-14(12-16(15)3-1)6-7-18-13-19-10-8-17-9-11-19/h4-5,12,17-18H,1-3,6-11,13H2. The first-order valence-electron chi connectivity index (χ1n) is 7.66. The van der Waals surface area contributed by atoms with Gasteiger partial charge >= 0.3 is 0 Å².